The molecule has 0 amide bonds. The summed E-state index contributed by atoms with van der Waals surface area (Å²) >= 11 is 0. The summed E-state index contributed by atoms with van der Waals surface area (Å²) in [7, 11) is 0. The van der Waals surface area contributed by atoms with E-state index in [9.17, 15) is 0 Å². The summed E-state index contributed by atoms with van der Waals surface area (Å²) in [6, 6.07) is 12.9. The van der Waals surface area contributed by atoms with Crippen LogP contribution in [0.3, 0.4) is 0 Å². The first-order valence-electron chi connectivity index (χ1n) is 6.57. The highest BCUT2D eigenvalue weighted by Crippen LogP contribution is 2.25. The fraction of sp³-hybridized carbons (Fsp3) is 0.250. The molecule has 20 heavy (non-hydrogen) atoms. The molecule has 0 saturated carbocycles. The van der Waals surface area contributed by atoms with Crippen LogP contribution in [0.5, 0.6) is 5.75 Å². The molecular formula is C16H17N3O. The molecule has 2 unspecified atom stereocenters. The van der Waals surface area contributed by atoms with E-state index in [0.29, 0.717) is 11.3 Å². The molecular weight excluding hydrogens is 250 g/mol. The van der Waals surface area contributed by atoms with Crippen LogP contribution in [0.15, 0.2) is 48.8 Å². The predicted molar refractivity (Wildman–Crippen MR) is 77.0 cm³/mol. The second-order valence-corrected chi connectivity index (χ2v) is 4.53. The van der Waals surface area contributed by atoms with Gasteiger partial charge in [0, 0.05) is 18.4 Å². The van der Waals surface area contributed by atoms with Gasteiger partial charge in [0.05, 0.1) is 11.6 Å². The number of nitrogens with zero attached hydrogens (tertiary/aromatic N) is 2. The highest BCUT2D eigenvalue weighted by molar-refractivity contribution is 5.36. The van der Waals surface area contributed by atoms with Gasteiger partial charge in [0.15, 0.2) is 0 Å². The minimum Gasteiger partial charge on any atom is -0.484 e. The normalized spacial score (nSPS) is 13.2. The summed E-state index contributed by atoms with van der Waals surface area (Å²) in [5.41, 5.74) is 7.71. The van der Waals surface area contributed by atoms with E-state index in [2.05, 4.69) is 11.1 Å². The summed E-state index contributed by atoms with van der Waals surface area (Å²) in [6.07, 6.45) is 3.99. The highest BCUT2D eigenvalue weighted by Gasteiger charge is 2.20. The molecule has 0 spiro atoms. The van der Waals surface area contributed by atoms with Gasteiger partial charge < -0.3 is 10.5 Å². The molecule has 2 rings (SSSR count). The van der Waals surface area contributed by atoms with Crippen molar-refractivity contribution >= 4 is 0 Å². The first kappa shape index (κ1) is 14.0. The second-order valence-electron chi connectivity index (χ2n) is 4.53. The number of hydrogen-bond acceptors (Lipinski definition) is 4. The fourth-order valence-electron chi connectivity index (χ4n) is 1.96. The number of aromatic nitrogens is 1. The third-order valence-electron chi connectivity index (χ3n) is 3.12. The molecule has 0 aliphatic rings. The SMILES string of the molecule is CCC(N)C(Oc1cccc(C#N)c1)c1ccncc1. The molecule has 102 valence electrons. The topological polar surface area (TPSA) is 71.9 Å². The number of ether oxygens (including phenoxy) is 1. The monoisotopic (exact) mass is 267 g/mol. The zero-order chi connectivity index (χ0) is 14.4. The van der Waals surface area contributed by atoms with Gasteiger partial charge in [-0.3, -0.25) is 4.98 Å². The second kappa shape index (κ2) is 6.69. The van der Waals surface area contributed by atoms with Gasteiger partial charge in [-0.25, -0.2) is 0 Å². The Balaban J connectivity index is 2.26. The van der Waals surface area contributed by atoms with Crippen LogP contribution in [0.25, 0.3) is 0 Å². The molecule has 4 nitrogen and oxygen atoms in total. The molecule has 0 saturated heterocycles. The Morgan fingerprint density at radius 3 is 2.70 bits per heavy atom. The number of hydrogen-bond donors (Lipinski definition) is 1. The molecule has 0 radical (unpaired) electrons. The standard InChI is InChI=1S/C16H17N3O/c1-2-15(18)16(13-6-8-19-9-7-13)20-14-5-3-4-12(10-14)11-17/h3-10,15-16H,2,18H2,1H3. The molecule has 2 N–H and O–H groups in total. The summed E-state index contributed by atoms with van der Waals surface area (Å²) in [5, 5.41) is 8.93. The first-order valence-corrected chi connectivity index (χ1v) is 6.57. The summed E-state index contributed by atoms with van der Waals surface area (Å²) in [5.74, 6) is 0.648. The van der Waals surface area contributed by atoms with Crippen molar-refractivity contribution in [2.24, 2.45) is 5.73 Å². The quantitative estimate of drug-likeness (QED) is 0.904. The van der Waals surface area contributed by atoms with E-state index in [-0.39, 0.29) is 12.1 Å². The van der Waals surface area contributed by atoms with Crippen LogP contribution < -0.4 is 10.5 Å². The zero-order valence-electron chi connectivity index (χ0n) is 11.4. The average Bonchev–Trinajstić information content (AvgIpc) is 2.53. The Kier molecular flexibility index (Phi) is 4.70. The molecule has 0 bridgehead atoms. The minimum atomic E-state index is -0.253. The van der Waals surface area contributed by atoms with E-state index < -0.39 is 0 Å². The van der Waals surface area contributed by atoms with Crippen LogP contribution >= 0.6 is 0 Å². The molecule has 1 aromatic heterocycles. The maximum absolute atomic E-state index is 8.93. The maximum atomic E-state index is 8.93. The smallest absolute Gasteiger partial charge is 0.139 e. The van der Waals surface area contributed by atoms with Gasteiger partial charge in [0.25, 0.3) is 0 Å². The lowest BCUT2D eigenvalue weighted by Gasteiger charge is -2.24. The first-order chi connectivity index (χ1) is 9.74. The third-order valence-corrected chi connectivity index (χ3v) is 3.12. The van der Waals surface area contributed by atoms with Crippen molar-refractivity contribution in [2.75, 3.05) is 0 Å². The molecule has 1 heterocycles. The van der Waals surface area contributed by atoms with Gasteiger partial charge >= 0.3 is 0 Å². The highest BCUT2D eigenvalue weighted by atomic mass is 16.5. The number of benzene rings is 1. The van der Waals surface area contributed by atoms with Crippen LogP contribution in [0.1, 0.15) is 30.6 Å². The van der Waals surface area contributed by atoms with Crippen molar-refractivity contribution in [1.29, 1.82) is 5.26 Å². The summed E-state index contributed by atoms with van der Waals surface area (Å²) < 4.78 is 5.99. The summed E-state index contributed by atoms with van der Waals surface area (Å²) in [6.45, 7) is 2.02. The Morgan fingerprint density at radius 1 is 1.30 bits per heavy atom. The lowest BCUT2D eigenvalue weighted by molar-refractivity contribution is 0.171. The minimum absolute atomic E-state index is 0.122. The fourth-order valence-corrected chi connectivity index (χ4v) is 1.96. The van der Waals surface area contributed by atoms with E-state index >= 15 is 0 Å². The number of pyridine rings is 1. The van der Waals surface area contributed by atoms with Gasteiger partial charge in [-0.15, -0.1) is 0 Å². The predicted octanol–water partition coefficient (Wildman–Crippen LogP) is 2.81. The van der Waals surface area contributed by atoms with Crippen molar-refractivity contribution in [3.63, 3.8) is 0 Å². The Labute approximate surface area is 118 Å². The maximum Gasteiger partial charge on any atom is 0.139 e. The van der Waals surface area contributed by atoms with E-state index in [1.807, 2.05) is 25.1 Å². The largest absolute Gasteiger partial charge is 0.484 e. The van der Waals surface area contributed by atoms with Crippen molar-refractivity contribution in [3.05, 3.63) is 59.9 Å². The van der Waals surface area contributed by atoms with Crippen LogP contribution in [0, 0.1) is 11.3 Å². The number of nitrogens with two attached hydrogens (primary N) is 1. The Morgan fingerprint density at radius 2 is 2.05 bits per heavy atom. The Bertz CT molecular complexity index is 592. The van der Waals surface area contributed by atoms with Crippen molar-refractivity contribution in [3.8, 4) is 11.8 Å². The van der Waals surface area contributed by atoms with Crippen molar-refractivity contribution in [2.45, 2.75) is 25.5 Å². The van der Waals surface area contributed by atoms with Crippen molar-refractivity contribution in [1.82, 2.24) is 4.98 Å². The van der Waals surface area contributed by atoms with Gasteiger partial charge in [0.1, 0.15) is 11.9 Å². The molecule has 0 fully saturated rings. The summed E-state index contributed by atoms with van der Waals surface area (Å²) in [4.78, 5) is 4.01. The number of nitriles is 1. The average molecular weight is 267 g/mol. The van der Waals surface area contributed by atoms with Gasteiger partial charge in [-0.1, -0.05) is 13.0 Å². The molecule has 0 aliphatic carbocycles. The van der Waals surface area contributed by atoms with E-state index in [0.717, 1.165) is 12.0 Å². The number of rotatable bonds is 5. The molecule has 2 aromatic rings. The van der Waals surface area contributed by atoms with Gasteiger partial charge in [-0.05, 0) is 42.3 Å². The molecule has 4 heteroatoms. The zero-order valence-corrected chi connectivity index (χ0v) is 11.4. The van der Waals surface area contributed by atoms with Crippen LogP contribution in [0.2, 0.25) is 0 Å². The van der Waals surface area contributed by atoms with Crippen molar-refractivity contribution < 1.29 is 4.74 Å². The third kappa shape index (κ3) is 3.34. The van der Waals surface area contributed by atoms with Crippen LogP contribution in [-0.2, 0) is 0 Å². The molecule has 2 atom stereocenters. The van der Waals surface area contributed by atoms with Gasteiger partial charge in [-0.2, -0.15) is 5.26 Å². The van der Waals surface area contributed by atoms with Gasteiger partial charge in [0.2, 0.25) is 0 Å². The molecule has 1 aromatic carbocycles. The van der Waals surface area contributed by atoms with E-state index in [4.69, 9.17) is 15.7 Å². The van der Waals surface area contributed by atoms with E-state index in [1.165, 1.54) is 0 Å². The lowest BCUT2D eigenvalue weighted by atomic mass is 10.0. The van der Waals surface area contributed by atoms with Crippen LogP contribution in [-0.4, -0.2) is 11.0 Å². The Hall–Kier alpha value is -2.38. The molecule has 0 aliphatic heterocycles. The van der Waals surface area contributed by atoms with E-state index in [1.54, 1.807) is 30.6 Å². The van der Waals surface area contributed by atoms with Crippen LogP contribution in [0.4, 0.5) is 0 Å². The lowest BCUT2D eigenvalue weighted by Crippen LogP contribution is -2.31.